The van der Waals surface area contributed by atoms with Gasteiger partial charge in [-0.3, -0.25) is 4.79 Å². The molecule has 3 rings (SSSR count). The summed E-state index contributed by atoms with van der Waals surface area (Å²) in [5.41, 5.74) is 1.47. The van der Waals surface area contributed by atoms with E-state index in [1.807, 2.05) is 24.3 Å². The highest BCUT2D eigenvalue weighted by atomic mass is 35.5. The van der Waals surface area contributed by atoms with Gasteiger partial charge in [0.2, 0.25) is 0 Å². The summed E-state index contributed by atoms with van der Waals surface area (Å²) in [5, 5.41) is 6.80. The van der Waals surface area contributed by atoms with Gasteiger partial charge in [-0.25, -0.2) is 4.98 Å². The average Bonchev–Trinajstić information content (AvgIpc) is 3.13. The van der Waals surface area contributed by atoms with E-state index in [4.69, 9.17) is 16.3 Å². The Morgan fingerprint density at radius 3 is 2.96 bits per heavy atom. The highest BCUT2D eigenvalue weighted by Crippen LogP contribution is 2.18. The Hall–Kier alpha value is -2.11. The maximum absolute atomic E-state index is 12.4. The first-order valence-corrected chi connectivity index (χ1v) is 8.44. The van der Waals surface area contributed by atoms with Crippen LogP contribution in [0.5, 0.6) is 0 Å². The molecule has 2 aromatic rings. The molecule has 1 fully saturated rings. The van der Waals surface area contributed by atoms with Crippen molar-refractivity contribution in [3.8, 4) is 0 Å². The van der Waals surface area contributed by atoms with E-state index in [1.165, 1.54) is 0 Å². The number of rotatable bonds is 6. The lowest BCUT2D eigenvalue weighted by Crippen LogP contribution is -2.32. The zero-order chi connectivity index (χ0) is 16.8. The van der Waals surface area contributed by atoms with Crippen molar-refractivity contribution in [2.24, 2.45) is 0 Å². The second-order valence-electron chi connectivity index (χ2n) is 5.69. The number of amides is 1. The van der Waals surface area contributed by atoms with Gasteiger partial charge in [0.05, 0.1) is 11.7 Å². The largest absolute Gasteiger partial charge is 0.376 e. The smallest absolute Gasteiger partial charge is 0.255 e. The maximum Gasteiger partial charge on any atom is 0.255 e. The zero-order valence-electron chi connectivity index (χ0n) is 13.3. The van der Waals surface area contributed by atoms with Gasteiger partial charge in [0, 0.05) is 30.9 Å². The van der Waals surface area contributed by atoms with Crippen molar-refractivity contribution in [2.45, 2.75) is 25.5 Å². The third kappa shape index (κ3) is 4.24. The molecule has 1 amide bonds. The Kier molecular flexibility index (Phi) is 5.67. The van der Waals surface area contributed by atoms with E-state index in [-0.39, 0.29) is 12.0 Å². The Morgan fingerprint density at radius 1 is 1.29 bits per heavy atom. The maximum atomic E-state index is 12.4. The topological polar surface area (TPSA) is 63.2 Å². The van der Waals surface area contributed by atoms with E-state index in [1.54, 1.807) is 18.3 Å². The van der Waals surface area contributed by atoms with Gasteiger partial charge in [-0.1, -0.05) is 29.8 Å². The Bertz CT molecular complexity index is 702. The molecule has 2 N–H and O–H groups in total. The first-order valence-electron chi connectivity index (χ1n) is 8.06. The fourth-order valence-electron chi connectivity index (χ4n) is 2.66. The molecular formula is C18H20ClN3O2. The van der Waals surface area contributed by atoms with Gasteiger partial charge in [-0.2, -0.15) is 0 Å². The van der Waals surface area contributed by atoms with Crippen molar-refractivity contribution in [1.29, 1.82) is 0 Å². The van der Waals surface area contributed by atoms with Gasteiger partial charge in [0.25, 0.3) is 5.91 Å². The van der Waals surface area contributed by atoms with E-state index in [9.17, 15) is 4.79 Å². The van der Waals surface area contributed by atoms with Crippen LogP contribution in [0.25, 0.3) is 0 Å². The minimum Gasteiger partial charge on any atom is -0.376 e. The van der Waals surface area contributed by atoms with Gasteiger partial charge in [-0.05, 0) is 36.6 Å². The van der Waals surface area contributed by atoms with Crippen molar-refractivity contribution in [1.82, 2.24) is 10.3 Å². The normalized spacial score (nSPS) is 16.8. The molecule has 126 valence electrons. The fraction of sp³-hybridized carbons (Fsp3) is 0.333. The molecule has 0 aliphatic carbocycles. The number of benzene rings is 1. The molecule has 1 saturated heterocycles. The van der Waals surface area contributed by atoms with E-state index >= 15 is 0 Å². The lowest BCUT2D eigenvalue weighted by molar-refractivity contribution is 0.0858. The summed E-state index contributed by atoms with van der Waals surface area (Å²) < 4.78 is 5.53. The molecule has 0 saturated carbocycles. The predicted molar refractivity (Wildman–Crippen MR) is 94.3 cm³/mol. The number of hydrogen-bond acceptors (Lipinski definition) is 4. The lowest BCUT2D eigenvalue weighted by Gasteiger charge is -2.14. The molecule has 0 bridgehead atoms. The van der Waals surface area contributed by atoms with Crippen LogP contribution in [0.15, 0.2) is 42.6 Å². The van der Waals surface area contributed by atoms with Crippen molar-refractivity contribution >= 4 is 23.3 Å². The van der Waals surface area contributed by atoms with E-state index in [2.05, 4.69) is 15.6 Å². The number of pyridine rings is 1. The molecule has 1 aliphatic heterocycles. The second kappa shape index (κ2) is 8.13. The minimum atomic E-state index is -0.153. The molecule has 1 aromatic carbocycles. The third-order valence-electron chi connectivity index (χ3n) is 3.97. The summed E-state index contributed by atoms with van der Waals surface area (Å²) in [6.07, 6.45) is 3.82. The van der Waals surface area contributed by atoms with Crippen molar-refractivity contribution in [3.05, 3.63) is 58.7 Å². The number of carbonyl (C=O) groups excluding carboxylic acids is 1. The van der Waals surface area contributed by atoms with Crippen LogP contribution in [-0.2, 0) is 11.3 Å². The molecule has 1 aromatic heterocycles. The summed E-state index contributed by atoms with van der Waals surface area (Å²) in [4.78, 5) is 16.7. The fourth-order valence-corrected chi connectivity index (χ4v) is 2.86. The SMILES string of the molecule is O=C(NC[C@H]1CCCO1)c1cccnc1NCc1ccccc1Cl. The Balaban J connectivity index is 1.63. The highest BCUT2D eigenvalue weighted by molar-refractivity contribution is 6.31. The molecule has 2 heterocycles. The van der Waals surface area contributed by atoms with E-state index in [0.29, 0.717) is 29.5 Å². The number of hydrogen-bond donors (Lipinski definition) is 2. The minimum absolute atomic E-state index is 0.116. The van der Waals surface area contributed by atoms with Gasteiger partial charge in [0.15, 0.2) is 0 Å². The molecule has 5 nitrogen and oxygen atoms in total. The van der Waals surface area contributed by atoms with Crippen LogP contribution in [0.4, 0.5) is 5.82 Å². The molecule has 0 spiro atoms. The average molecular weight is 346 g/mol. The number of anilines is 1. The molecule has 6 heteroatoms. The first kappa shape index (κ1) is 16.7. The van der Waals surface area contributed by atoms with Crippen LogP contribution in [0, 0.1) is 0 Å². The van der Waals surface area contributed by atoms with Crippen LogP contribution in [-0.4, -0.2) is 30.1 Å². The Labute approximate surface area is 146 Å². The predicted octanol–water partition coefficient (Wildman–Crippen LogP) is 3.26. The van der Waals surface area contributed by atoms with Gasteiger partial charge >= 0.3 is 0 Å². The van der Waals surface area contributed by atoms with Crippen LogP contribution in [0.1, 0.15) is 28.8 Å². The number of aromatic nitrogens is 1. The van der Waals surface area contributed by atoms with Crippen molar-refractivity contribution < 1.29 is 9.53 Å². The van der Waals surface area contributed by atoms with Crippen LogP contribution >= 0.6 is 11.6 Å². The van der Waals surface area contributed by atoms with E-state index < -0.39 is 0 Å². The number of halogens is 1. The molecule has 1 aliphatic rings. The van der Waals surface area contributed by atoms with Gasteiger partial charge in [0.1, 0.15) is 5.82 Å². The van der Waals surface area contributed by atoms with Crippen molar-refractivity contribution in [3.63, 3.8) is 0 Å². The van der Waals surface area contributed by atoms with Gasteiger partial charge < -0.3 is 15.4 Å². The molecule has 24 heavy (non-hydrogen) atoms. The molecular weight excluding hydrogens is 326 g/mol. The second-order valence-corrected chi connectivity index (χ2v) is 6.10. The first-order chi connectivity index (χ1) is 11.7. The van der Waals surface area contributed by atoms with Gasteiger partial charge in [-0.15, -0.1) is 0 Å². The van der Waals surface area contributed by atoms with Crippen LogP contribution in [0.3, 0.4) is 0 Å². The quantitative estimate of drug-likeness (QED) is 0.843. The third-order valence-corrected chi connectivity index (χ3v) is 4.34. The van der Waals surface area contributed by atoms with Crippen molar-refractivity contribution in [2.75, 3.05) is 18.5 Å². The number of nitrogens with zero attached hydrogens (tertiary/aromatic N) is 1. The summed E-state index contributed by atoms with van der Waals surface area (Å²) in [7, 11) is 0. The summed E-state index contributed by atoms with van der Waals surface area (Å²) >= 11 is 6.16. The Morgan fingerprint density at radius 2 is 2.17 bits per heavy atom. The number of carbonyl (C=O) groups is 1. The van der Waals surface area contributed by atoms with Crippen LogP contribution < -0.4 is 10.6 Å². The monoisotopic (exact) mass is 345 g/mol. The molecule has 0 unspecified atom stereocenters. The number of ether oxygens (including phenoxy) is 1. The standard InChI is InChI=1S/C18H20ClN3O2/c19-16-8-2-1-5-13(16)11-21-17-15(7-3-9-20-17)18(23)22-12-14-6-4-10-24-14/h1-3,5,7-9,14H,4,6,10-12H2,(H,20,21)(H,22,23)/t14-/m1/s1. The van der Waals surface area contributed by atoms with E-state index in [0.717, 1.165) is 25.0 Å². The molecule has 1 atom stereocenters. The van der Waals surface area contributed by atoms with Crippen LogP contribution in [0.2, 0.25) is 5.02 Å². The summed E-state index contributed by atoms with van der Waals surface area (Å²) in [5.74, 6) is 0.391. The number of nitrogens with one attached hydrogen (secondary N) is 2. The zero-order valence-corrected chi connectivity index (χ0v) is 14.1. The lowest BCUT2D eigenvalue weighted by atomic mass is 10.2. The molecule has 0 radical (unpaired) electrons. The summed E-state index contributed by atoms with van der Waals surface area (Å²) in [6, 6.07) is 11.1. The highest BCUT2D eigenvalue weighted by Gasteiger charge is 2.18. The summed E-state index contributed by atoms with van der Waals surface area (Å²) in [6.45, 7) is 1.80.